The molecule has 1 aromatic rings. The number of benzene rings is 1. The zero-order valence-electron chi connectivity index (χ0n) is 12.1. The SMILES string of the molecule is CCCCCNC(=O)Nc1c(CC)cccc1OC. The highest BCUT2D eigenvalue weighted by molar-refractivity contribution is 5.92. The van der Waals surface area contributed by atoms with E-state index in [4.69, 9.17) is 4.74 Å². The van der Waals surface area contributed by atoms with Gasteiger partial charge in [-0.25, -0.2) is 4.79 Å². The molecule has 0 bridgehead atoms. The first kappa shape index (κ1) is 15.3. The second-order valence-corrected chi connectivity index (χ2v) is 4.44. The molecule has 2 N–H and O–H groups in total. The Bertz CT molecular complexity index is 383. The summed E-state index contributed by atoms with van der Waals surface area (Å²) in [5.41, 5.74) is 1.84. The van der Waals surface area contributed by atoms with Crippen molar-refractivity contribution in [2.45, 2.75) is 39.5 Å². The lowest BCUT2D eigenvalue weighted by molar-refractivity contribution is 0.251. The standard InChI is InChI=1S/C15H24N2O2/c1-4-6-7-11-16-15(18)17-14-12(5-2)9-8-10-13(14)19-3/h8-10H,4-7,11H2,1-3H3,(H2,16,17,18). The molecule has 0 unspecified atom stereocenters. The zero-order valence-corrected chi connectivity index (χ0v) is 12.1. The number of hydrogen-bond acceptors (Lipinski definition) is 2. The lowest BCUT2D eigenvalue weighted by Crippen LogP contribution is -2.30. The lowest BCUT2D eigenvalue weighted by Gasteiger charge is -2.14. The second kappa shape index (κ2) is 8.40. The Balaban J connectivity index is 2.62. The Morgan fingerprint density at radius 2 is 2.05 bits per heavy atom. The Hall–Kier alpha value is -1.71. The van der Waals surface area contributed by atoms with Crippen molar-refractivity contribution >= 4 is 11.7 Å². The van der Waals surface area contributed by atoms with Crippen molar-refractivity contribution in [2.24, 2.45) is 0 Å². The highest BCUT2D eigenvalue weighted by Gasteiger charge is 2.10. The third-order valence-corrected chi connectivity index (χ3v) is 3.02. The molecule has 4 nitrogen and oxygen atoms in total. The zero-order chi connectivity index (χ0) is 14.1. The average Bonchev–Trinajstić information content (AvgIpc) is 2.43. The van der Waals surface area contributed by atoms with Crippen molar-refractivity contribution in [3.8, 4) is 5.75 Å². The molecular formula is C15H24N2O2. The van der Waals surface area contributed by atoms with E-state index in [9.17, 15) is 4.79 Å². The number of para-hydroxylation sites is 1. The van der Waals surface area contributed by atoms with Gasteiger partial charge >= 0.3 is 6.03 Å². The van der Waals surface area contributed by atoms with Gasteiger partial charge in [0.15, 0.2) is 0 Å². The summed E-state index contributed by atoms with van der Waals surface area (Å²) in [7, 11) is 1.61. The highest BCUT2D eigenvalue weighted by atomic mass is 16.5. The van der Waals surface area contributed by atoms with Crippen LogP contribution in [-0.4, -0.2) is 19.7 Å². The number of rotatable bonds is 7. The van der Waals surface area contributed by atoms with Crippen LogP contribution in [-0.2, 0) is 6.42 Å². The van der Waals surface area contributed by atoms with E-state index >= 15 is 0 Å². The summed E-state index contributed by atoms with van der Waals surface area (Å²) in [6, 6.07) is 5.61. The van der Waals surface area contributed by atoms with E-state index in [1.807, 2.05) is 18.2 Å². The number of unbranched alkanes of at least 4 members (excludes halogenated alkanes) is 2. The normalized spacial score (nSPS) is 10.1. The van der Waals surface area contributed by atoms with Gasteiger partial charge in [0.05, 0.1) is 12.8 Å². The van der Waals surface area contributed by atoms with Gasteiger partial charge in [-0.15, -0.1) is 0 Å². The van der Waals surface area contributed by atoms with Crippen LogP contribution in [0.2, 0.25) is 0 Å². The molecular weight excluding hydrogens is 240 g/mol. The van der Waals surface area contributed by atoms with Crippen LogP contribution in [0, 0.1) is 0 Å². The van der Waals surface area contributed by atoms with Gasteiger partial charge in [0.2, 0.25) is 0 Å². The molecule has 0 radical (unpaired) electrons. The van der Waals surface area contributed by atoms with Gasteiger partial charge in [0, 0.05) is 6.54 Å². The van der Waals surface area contributed by atoms with E-state index in [2.05, 4.69) is 24.5 Å². The fourth-order valence-corrected chi connectivity index (χ4v) is 1.92. The van der Waals surface area contributed by atoms with Crippen LogP contribution in [0.1, 0.15) is 38.7 Å². The van der Waals surface area contributed by atoms with Crippen molar-refractivity contribution in [3.05, 3.63) is 23.8 Å². The van der Waals surface area contributed by atoms with Crippen LogP contribution < -0.4 is 15.4 Å². The first-order valence-corrected chi connectivity index (χ1v) is 6.93. The van der Waals surface area contributed by atoms with Crippen LogP contribution in [0.15, 0.2) is 18.2 Å². The molecule has 0 aromatic heterocycles. The molecule has 106 valence electrons. The number of hydrogen-bond donors (Lipinski definition) is 2. The minimum atomic E-state index is -0.171. The minimum Gasteiger partial charge on any atom is -0.495 e. The predicted octanol–water partition coefficient (Wildman–Crippen LogP) is 3.57. The molecule has 0 saturated carbocycles. The molecule has 0 aliphatic carbocycles. The molecule has 19 heavy (non-hydrogen) atoms. The molecule has 0 aliphatic rings. The van der Waals surface area contributed by atoms with Crippen LogP contribution in [0.4, 0.5) is 10.5 Å². The quantitative estimate of drug-likeness (QED) is 0.740. The van der Waals surface area contributed by atoms with E-state index in [1.165, 1.54) is 0 Å². The van der Waals surface area contributed by atoms with Gasteiger partial charge in [-0.2, -0.15) is 0 Å². The molecule has 0 spiro atoms. The summed E-state index contributed by atoms with van der Waals surface area (Å²) in [5, 5.41) is 5.75. The summed E-state index contributed by atoms with van der Waals surface area (Å²) in [6.07, 6.45) is 4.14. The lowest BCUT2D eigenvalue weighted by atomic mass is 10.1. The van der Waals surface area contributed by atoms with E-state index in [0.29, 0.717) is 12.3 Å². The highest BCUT2D eigenvalue weighted by Crippen LogP contribution is 2.28. The number of methoxy groups -OCH3 is 1. The molecule has 0 saturated heterocycles. The Kier molecular flexibility index (Phi) is 6.79. The van der Waals surface area contributed by atoms with Gasteiger partial charge < -0.3 is 15.4 Å². The Morgan fingerprint density at radius 1 is 1.26 bits per heavy atom. The number of ether oxygens (including phenoxy) is 1. The first-order chi connectivity index (χ1) is 9.22. The Morgan fingerprint density at radius 3 is 2.68 bits per heavy atom. The minimum absolute atomic E-state index is 0.171. The topological polar surface area (TPSA) is 50.4 Å². The number of aryl methyl sites for hydroxylation is 1. The number of urea groups is 1. The second-order valence-electron chi connectivity index (χ2n) is 4.44. The summed E-state index contributed by atoms with van der Waals surface area (Å²) >= 11 is 0. The molecule has 1 rings (SSSR count). The average molecular weight is 264 g/mol. The van der Waals surface area contributed by atoms with Crippen molar-refractivity contribution in [1.29, 1.82) is 0 Å². The van der Waals surface area contributed by atoms with Crippen molar-refractivity contribution < 1.29 is 9.53 Å². The third kappa shape index (κ3) is 4.81. The van der Waals surface area contributed by atoms with Gasteiger partial charge in [0.25, 0.3) is 0 Å². The van der Waals surface area contributed by atoms with Crippen molar-refractivity contribution in [1.82, 2.24) is 5.32 Å². The monoisotopic (exact) mass is 264 g/mol. The van der Waals surface area contributed by atoms with E-state index in [1.54, 1.807) is 7.11 Å². The molecule has 0 atom stereocenters. The number of anilines is 1. The third-order valence-electron chi connectivity index (χ3n) is 3.02. The van der Waals surface area contributed by atoms with Crippen LogP contribution in [0.25, 0.3) is 0 Å². The molecule has 0 aliphatic heterocycles. The maximum atomic E-state index is 11.8. The molecule has 0 heterocycles. The number of nitrogens with one attached hydrogen (secondary N) is 2. The maximum Gasteiger partial charge on any atom is 0.319 e. The van der Waals surface area contributed by atoms with E-state index in [0.717, 1.165) is 36.9 Å². The van der Waals surface area contributed by atoms with Crippen LogP contribution >= 0.6 is 0 Å². The Labute approximate surface area is 115 Å². The molecule has 0 fully saturated rings. The summed E-state index contributed by atoms with van der Waals surface area (Å²) in [4.78, 5) is 11.8. The summed E-state index contributed by atoms with van der Waals surface area (Å²) in [6.45, 7) is 4.90. The predicted molar refractivity (Wildman–Crippen MR) is 78.9 cm³/mol. The van der Waals surface area contributed by atoms with Gasteiger partial charge in [-0.3, -0.25) is 0 Å². The largest absolute Gasteiger partial charge is 0.495 e. The number of amides is 2. The van der Waals surface area contributed by atoms with Crippen LogP contribution in [0.3, 0.4) is 0 Å². The smallest absolute Gasteiger partial charge is 0.319 e. The fourth-order valence-electron chi connectivity index (χ4n) is 1.92. The van der Waals surface area contributed by atoms with Crippen LogP contribution in [0.5, 0.6) is 5.75 Å². The summed E-state index contributed by atoms with van der Waals surface area (Å²) in [5.74, 6) is 0.697. The fraction of sp³-hybridized carbons (Fsp3) is 0.533. The van der Waals surface area contributed by atoms with Crippen molar-refractivity contribution in [2.75, 3.05) is 19.0 Å². The van der Waals surface area contributed by atoms with E-state index < -0.39 is 0 Å². The van der Waals surface area contributed by atoms with Gasteiger partial charge in [0.1, 0.15) is 5.75 Å². The van der Waals surface area contributed by atoms with Crippen molar-refractivity contribution in [3.63, 3.8) is 0 Å². The number of carbonyl (C=O) groups is 1. The van der Waals surface area contributed by atoms with Gasteiger partial charge in [-0.1, -0.05) is 38.8 Å². The first-order valence-electron chi connectivity index (χ1n) is 6.93. The molecule has 2 amide bonds. The van der Waals surface area contributed by atoms with E-state index in [-0.39, 0.29) is 6.03 Å². The molecule has 4 heteroatoms. The number of carbonyl (C=O) groups excluding carboxylic acids is 1. The van der Waals surface area contributed by atoms with Gasteiger partial charge in [-0.05, 0) is 24.5 Å². The maximum absolute atomic E-state index is 11.8. The molecule has 1 aromatic carbocycles. The summed E-state index contributed by atoms with van der Waals surface area (Å²) < 4.78 is 5.29.